The number of hydrogen-bond acceptors (Lipinski definition) is 2. The van der Waals surface area contributed by atoms with Gasteiger partial charge in [0, 0.05) is 0 Å². The first-order valence-corrected chi connectivity index (χ1v) is 8.46. The molecule has 0 amide bonds. The summed E-state index contributed by atoms with van der Waals surface area (Å²) in [5, 5.41) is 3.52. The van der Waals surface area contributed by atoms with E-state index in [4.69, 9.17) is 0 Å². The normalized spacial score (nSPS) is 34.2. The molecule has 0 radical (unpaired) electrons. The van der Waals surface area contributed by atoms with Gasteiger partial charge in [0.25, 0.3) is 0 Å². The van der Waals surface area contributed by atoms with Gasteiger partial charge in [0.05, 0.1) is 0 Å². The second-order valence-corrected chi connectivity index (χ2v) is 7.16. The van der Waals surface area contributed by atoms with Crippen molar-refractivity contribution in [3.8, 4) is 0 Å². The summed E-state index contributed by atoms with van der Waals surface area (Å²) in [6, 6.07) is 0. The van der Waals surface area contributed by atoms with Gasteiger partial charge in [-0.05, 0) is 62.7 Å². The first-order valence-electron chi connectivity index (χ1n) is 8.46. The minimum absolute atomic E-state index is 0.132. The lowest BCUT2D eigenvalue weighted by atomic mass is 9.85. The summed E-state index contributed by atoms with van der Waals surface area (Å²) in [7, 11) is 0. The molecule has 2 nitrogen and oxygen atoms in total. The smallest absolute Gasteiger partial charge is 0.106 e. The lowest BCUT2D eigenvalue weighted by Gasteiger charge is -2.21. The molecule has 0 spiro atoms. The Labute approximate surface area is 122 Å². The quantitative estimate of drug-likeness (QED) is 0.571. The molecule has 0 aliphatic heterocycles. The van der Waals surface area contributed by atoms with E-state index in [1.807, 2.05) is 0 Å². The molecule has 110 valence electrons. The number of nitroso groups, excluding NO2 is 1. The first-order chi connectivity index (χ1) is 9.77. The molecule has 3 unspecified atom stereocenters. The summed E-state index contributed by atoms with van der Waals surface area (Å²) < 4.78 is 0. The maximum Gasteiger partial charge on any atom is 0.106 e. The van der Waals surface area contributed by atoms with Gasteiger partial charge >= 0.3 is 0 Å². The monoisotopic (exact) mass is 273 g/mol. The second kappa shape index (κ2) is 5.83. The number of nitrogens with zero attached hydrogens (tertiary/aromatic N) is 1. The zero-order chi connectivity index (χ0) is 14.0. The van der Waals surface area contributed by atoms with Crippen LogP contribution in [0.25, 0.3) is 0 Å². The molecule has 0 saturated heterocycles. The Balaban J connectivity index is 1.48. The van der Waals surface area contributed by atoms with Gasteiger partial charge in [-0.2, -0.15) is 4.91 Å². The van der Waals surface area contributed by atoms with E-state index >= 15 is 0 Å². The van der Waals surface area contributed by atoms with Gasteiger partial charge < -0.3 is 0 Å². The van der Waals surface area contributed by atoms with Gasteiger partial charge in [-0.25, -0.2) is 0 Å². The average molecular weight is 273 g/mol. The molecule has 2 fully saturated rings. The summed E-state index contributed by atoms with van der Waals surface area (Å²) in [6.45, 7) is 2.29. The molecule has 3 rings (SSSR count). The second-order valence-electron chi connectivity index (χ2n) is 7.16. The van der Waals surface area contributed by atoms with Crippen LogP contribution in [0.3, 0.4) is 0 Å². The van der Waals surface area contributed by atoms with Crippen molar-refractivity contribution in [3.63, 3.8) is 0 Å². The fourth-order valence-electron chi connectivity index (χ4n) is 4.54. The molecule has 0 heterocycles. The third-order valence-corrected chi connectivity index (χ3v) is 5.91. The molecule has 0 bridgehead atoms. The molecule has 0 N–H and O–H groups in total. The van der Waals surface area contributed by atoms with Gasteiger partial charge in [0.1, 0.15) is 5.54 Å². The zero-order valence-electron chi connectivity index (χ0n) is 12.7. The Morgan fingerprint density at radius 3 is 2.80 bits per heavy atom. The van der Waals surface area contributed by atoms with E-state index in [2.05, 4.69) is 30.3 Å². The highest BCUT2D eigenvalue weighted by Gasteiger charge is 2.56. The Hall–Kier alpha value is -0.920. The van der Waals surface area contributed by atoms with Crippen molar-refractivity contribution in [1.29, 1.82) is 0 Å². The van der Waals surface area contributed by atoms with Crippen molar-refractivity contribution in [2.75, 3.05) is 0 Å². The van der Waals surface area contributed by atoms with E-state index in [0.717, 1.165) is 24.7 Å². The summed E-state index contributed by atoms with van der Waals surface area (Å²) in [5.41, 5.74) is 1.47. The largest absolute Gasteiger partial charge is 0.150 e. The fraction of sp³-hybridized carbons (Fsp3) is 0.778. The molecule has 0 aromatic carbocycles. The summed E-state index contributed by atoms with van der Waals surface area (Å²) in [6.07, 6.45) is 17.8. The van der Waals surface area contributed by atoms with Crippen molar-refractivity contribution in [2.45, 2.75) is 70.3 Å². The van der Waals surface area contributed by atoms with Crippen molar-refractivity contribution in [3.05, 3.63) is 28.7 Å². The number of hydrogen-bond donors (Lipinski definition) is 0. The topological polar surface area (TPSA) is 29.4 Å². The van der Waals surface area contributed by atoms with E-state index in [1.165, 1.54) is 44.9 Å². The van der Waals surface area contributed by atoms with Crippen molar-refractivity contribution >= 4 is 0 Å². The highest BCUT2D eigenvalue weighted by Crippen LogP contribution is 2.57. The first kappa shape index (κ1) is 14.0. The minimum atomic E-state index is -0.132. The standard InChI is InChI=1S/C18H27NO/c1-2-16-12-15(9-5-8-14-6-3-4-7-14)13-17(16)18(19-20)10-11-18/h3-4,6,15-17H,2,5,7-13H2,1H3. The zero-order valence-corrected chi connectivity index (χ0v) is 12.7. The fourth-order valence-corrected chi connectivity index (χ4v) is 4.54. The highest BCUT2D eigenvalue weighted by atomic mass is 16.3. The molecule has 0 aromatic heterocycles. The lowest BCUT2D eigenvalue weighted by molar-refractivity contribution is 0.301. The van der Waals surface area contributed by atoms with Crippen LogP contribution in [0.1, 0.15) is 64.7 Å². The predicted octanol–water partition coefficient (Wildman–Crippen LogP) is 5.39. The maximum atomic E-state index is 11.2. The van der Waals surface area contributed by atoms with Gasteiger partial charge in [-0.1, -0.05) is 48.7 Å². The van der Waals surface area contributed by atoms with Crippen LogP contribution in [-0.4, -0.2) is 5.54 Å². The Morgan fingerprint density at radius 2 is 2.20 bits per heavy atom. The molecular formula is C18H27NO. The third kappa shape index (κ3) is 2.75. The molecule has 20 heavy (non-hydrogen) atoms. The van der Waals surface area contributed by atoms with Crippen LogP contribution < -0.4 is 0 Å². The van der Waals surface area contributed by atoms with E-state index in [0.29, 0.717) is 5.92 Å². The number of allylic oxidation sites excluding steroid dienone is 4. The van der Waals surface area contributed by atoms with Gasteiger partial charge in [0.2, 0.25) is 0 Å². The van der Waals surface area contributed by atoms with E-state index < -0.39 is 0 Å². The van der Waals surface area contributed by atoms with Gasteiger partial charge in [-0.3, -0.25) is 0 Å². The van der Waals surface area contributed by atoms with Crippen molar-refractivity contribution in [1.82, 2.24) is 0 Å². The Morgan fingerprint density at radius 1 is 1.35 bits per heavy atom. The van der Waals surface area contributed by atoms with Crippen molar-refractivity contribution < 1.29 is 0 Å². The van der Waals surface area contributed by atoms with Crippen LogP contribution in [0.4, 0.5) is 0 Å². The average Bonchev–Trinajstić information content (AvgIpc) is 2.89. The molecule has 3 atom stereocenters. The van der Waals surface area contributed by atoms with Crippen LogP contribution in [0, 0.1) is 22.7 Å². The maximum absolute atomic E-state index is 11.2. The summed E-state index contributed by atoms with van der Waals surface area (Å²) in [4.78, 5) is 11.2. The van der Waals surface area contributed by atoms with Gasteiger partial charge in [0.15, 0.2) is 0 Å². The van der Waals surface area contributed by atoms with Crippen molar-refractivity contribution in [2.24, 2.45) is 22.9 Å². The molecule has 2 heteroatoms. The highest BCUT2D eigenvalue weighted by molar-refractivity contribution is 5.22. The Kier molecular flexibility index (Phi) is 4.09. The van der Waals surface area contributed by atoms with Gasteiger partial charge in [-0.15, -0.1) is 0 Å². The minimum Gasteiger partial charge on any atom is -0.150 e. The number of rotatable bonds is 7. The van der Waals surface area contributed by atoms with E-state index in [-0.39, 0.29) is 5.54 Å². The summed E-state index contributed by atoms with van der Waals surface area (Å²) >= 11 is 0. The van der Waals surface area contributed by atoms with Crippen LogP contribution in [-0.2, 0) is 0 Å². The molecule has 3 aliphatic rings. The summed E-state index contributed by atoms with van der Waals surface area (Å²) in [5.74, 6) is 2.20. The van der Waals surface area contributed by atoms with Crippen LogP contribution >= 0.6 is 0 Å². The van der Waals surface area contributed by atoms with E-state index in [9.17, 15) is 4.91 Å². The molecule has 3 aliphatic carbocycles. The molecule has 0 aromatic rings. The van der Waals surface area contributed by atoms with E-state index in [1.54, 1.807) is 5.57 Å². The SMILES string of the molecule is CCC1CC(CCCC2=CC=CC2)CC1C1(N=O)CC1. The Bertz CT molecular complexity index is 419. The van der Waals surface area contributed by atoms with Crippen LogP contribution in [0.15, 0.2) is 29.0 Å². The predicted molar refractivity (Wildman–Crippen MR) is 83.4 cm³/mol. The van der Waals surface area contributed by atoms with Crippen LogP contribution in [0.5, 0.6) is 0 Å². The molecule has 2 saturated carbocycles. The third-order valence-electron chi connectivity index (χ3n) is 5.91. The lowest BCUT2D eigenvalue weighted by Crippen LogP contribution is -2.23. The molecular weight excluding hydrogens is 246 g/mol. The van der Waals surface area contributed by atoms with Crippen LogP contribution in [0.2, 0.25) is 0 Å².